The fraction of sp³-hybridized carbons (Fsp3) is 0.933. The molecule has 0 bridgehead atoms. The van der Waals surface area contributed by atoms with Gasteiger partial charge in [0.1, 0.15) is 0 Å². The van der Waals surface area contributed by atoms with Gasteiger partial charge in [-0.2, -0.15) is 0 Å². The monoisotopic (exact) mass is 255 g/mol. The van der Waals surface area contributed by atoms with Crippen LogP contribution in [-0.2, 0) is 9.53 Å². The van der Waals surface area contributed by atoms with Crippen LogP contribution in [-0.4, -0.2) is 24.7 Å². The summed E-state index contributed by atoms with van der Waals surface area (Å²) in [5.74, 6) is 0.342. The fourth-order valence-corrected chi connectivity index (χ4v) is 2.35. The lowest BCUT2D eigenvalue weighted by Crippen LogP contribution is -2.31. The molecule has 1 N–H and O–H groups in total. The molecule has 0 aromatic carbocycles. The molecular weight excluding hydrogens is 226 g/mol. The molecule has 0 radical (unpaired) electrons. The summed E-state index contributed by atoms with van der Waals surface area (Å²) in [5, 5.41) is 3.04. The Morgan fingerprint density at radius 3 is 2.67 bits per heavy atom. The lowest BCUT2D eigenvalue weighted by molar-refractivity contribution is -0.124. The molecule has 1 rings (SSSR count). The molecule has 1 amide bonds. The molecule has 1 saturated heterocycles. The Bertz CT molecular complexity index is 251. The molecule has 0 aromatic heterocycles. The van der Waals surface area contributed by atoms with Crippen LogP contribution in [0.2, 0.25) is 0 Å². The van der Waals surface area contributed by atoms with Crippen molar-refractivity contribution in [2.75, 3.05) is 13.2 Å². The quantitative estimate of drug-likeness (QED) is 0.721. The zero-order valence-electron chi connectivity index (χ0n) is 12.3. The average molecular weight is 255 g/mol. The van der Waals surface area contributed by atoms with Crippen LogP contribution in [0.25, 0.3) is 0 Å². The third kappa shape index (κ3) is 6.39. The standard InChI is InChI=1S/C15H29NO2/c1-13-9-8-10-15(2,3)18-12-7-5-4-6-11-16-14(13)17/h13H,4-12H2,1-3H3,(H,16,17). The van der Waals surface area contributed by atoms with E-state index in [1.807, 2.05) is 6.92 Å². The van der Waals surface area contributed by atoms with E-state index in [0.717, 1.165) is 45.3 Å². The molecular formula is C15H29NO2. The Morgan fingerprint density at radius 2 is 1.89 bits per heavy atom. The van der Waals surface area contributed by atoms with Crippen molar-refractivity contribution < 1.29 is 9.53 Å². The van der Waals surface area contributed by atoms with Gasteiger partial charge >= 0.3 is 0 Å². The van der Waals surface area contributed by atoms with E-state index in [2.05, 4.69) is 19.2 Å². The highest BCUT2D eigenvalue weighted by molar-refractivity contribution is 5.78. The first-order valence-electron chi connectivity index (χ1n) is 7.43. The highest BCUT2D eigenvalue weighted by atomic mass is 16.5. The second-order valence-electron chi connectivity index (χ2n) is 6.11. The SMILES string of the molecule is CC1CCCC(C)(C)OCCCCCCNC1=O. The van der Waals surface area contributed by atoms with Crippen molar-refractivity contribution in [1.29, 1.82) is 0 Å². The van der Waals surface area contributed by atoms with E-state index in [1.54, 1.807) is 0 Å². The Balaban J connectivity index is 2.43. The van der Waals surface area contributed by atoms with E-state index in [-0.39, 0.29) is 17.4 Å². The van der Waals surface area contributed by atoms with Gasteiger partial charge in [-0.15, -0.1) is 0 Å². The number of ether oxygens (including phenoxy) is 1. The van der Waals surface area contributed by atoms with Crippen molar-refractivity contribution in [3.8, 4) is 0 Å². The average Bonchev–Trinajstić information content (AvgIpc) is 2.30. The minimum absolute atomic E-state index is 0.0414. The van der Waals surface area contributed by atoms with Gasteiger partial charge < -0.3 is 10.1 Å². The first kappa shape index (κ1) is 15.5. The molecule has 1 fully saturated rings. The van der Waals surface area contributed by atoms with E-state index in [0.29, 0.717) is 0 Å². The van der Waals surface area contributed by atoms with Crippen LogP contribution in [0, 0.1) is 5.92 Å². The summed E-state index contributed by atoms with van der Waals surface area (Å²) >= 11 is 0. The van der Waals surface area contributed by atoms with Crippen molar-refractivity contribution in [2.45, 2.75) is 71.3 Å². The number of nitrogens with one attached hydrogen (secondary N) is 1. The molecule has 0 saturated carbocycles. The zero-order chi connectivity index (χ0) is 13.4. The van der Waals surface area contributed by atoms with Gasteiger partial charge in [-0.3, -0.25) is 4.79 Å². The topological polar surface area (TPSA) is 38.3 Å². The third-order valence-corrected chi connectivity index (χ3v) is 3.73. The number of amides is 1. The summed E-state index contributed by atoms with van der Waals surface area (Å²) < 4.78 is 5.94. The van der Waals surface area contributed by atoms with E-state index in [9.17, 15) is 4.79 Å². The maximum atomic E-state index is 11.8. The number of hydrogen-bond donors (Lipinski definition) is 1. The summed E-state index contributed by atoms with van der Waals surface area (Å²) in [6.07, 6.45) is 7.64. The molecule has 1 aliphatic rings. The van der Waals surface area contributed by atoms with Gasteiger partial charge in [0.05, 0.1) is 5.60 Å². The molecule has 1 atom stereocenters. The zero-order valence-corrected chi connectivity index (χ0v) is 12.3. The number of hydrogen-bond acceptors (Lipinski definition) is 2. The minimum atomic E-state index is -0.0414. The first-order chi connectivity index (χ1) is 8.51. The summed E-state index contributed by atoms with van der Waals surface area (Å²) in [7, 11) is 0. The molecule has 0 aliphatic carbocycles. The van der Waals surface area contributed by atoms with Crippen LogP contribution in [0.5, 0.6) is 0 Å². The van der Waals surface area contributed by atoms with Crippen molar-refractivity contribution in [1.82, 2.24) is 5.32 Å². The van der Waals surface area contributed by atoms with Crippen LogP contribution < -0.4 is 5.32 Å². The van der Waals surface area contributed by atoms with Crippen LogP contribution in [0.4, 0.5) is 0 Å². The van der Waals surface area contributed by atoms with Gasteiger partial charge in [0, 0.05) is 19.1 Å². The maximum absolute atomic E-state index is 11.8. The highest BCUT2D eigenvalue weighted by Crippen LogP contribution is 2.21. The van der Waals surface area contributed by atoms with Gasteiger partial charge in [0.15, 0.2) is 0 Å². The predicted molar refractivity (Wildman–Crippen MR) is 74.5 cm³/mol. The molecule has 106 valence electrons. The number of carbonyl (C=O) groups excluding carboxylic acids is 1. The van der Waals surface area contributed by atoms with Crippen LogP contribution in [0.15, 0.2) is 0 Å². The van der Waals surface area contributed by atoms with E-state index in [1.165, 1.54) is 12.8 Å². The van der Waals surface area contributed by atoms with Gasteiger partial charge in [-0.1, -0.05) is 19.8 Å². The Kier molecular flexibility index (Phi) is 6.69. The maximum Gasteiger partial charge on any atom is 0.222 e. The Labute approximate surface area is 112 Å². The summed E-state index contributed by atoms with van der Waals surface area (Å²) in [6, 6.07) is 0. The molecule has 1 heterocycles. The van der Waals surface area contributed by atoms with E-state index < -0.39 is 0 Å². The highest BCUT2D eigenvalue weighted by Gasteiger charge is 2.20. The first-order valence-corrected chi connectivity index (χ1v) is 7.43. The third-order valence-electron chi connectivity index (χ3n) is 3.73. The minimum Gasteiger partial charge on any atom is -0.376 e. The Morgan fingerprint density at radius 1 is 1.17 bits per heavy atom. The van der Waals surface area contributed by atoms with Gasteiger partial charge in [0.2, 0.25) is 5.91 Å². The molecule has 0 spiro atoms. The lowest BCUT2D eigenvalue weighted by Gasteiger charge is -2.26. The van der Waals surface area contributed by atoms with Crippen molar-refractivity contribution in [2.24, 2.45) is 5.92 Å². The van der Waals surface area contributed by atoms with Crippen molar-refractivity contribution in [3.05, 3.63) is 0 Å². The van der Waals surface area contributed by atoms with Gasteiger partial charge in [0.25, 0.3) is 0 Å². The normalized spacial score (nSPS) is 28.2. The fourth-order valence-electron chi connectivity index (χ4n) is 2.35. The molecule has 1 aliphatic heterocycles. The van der Waals surface area contributed by atoms with Gasteiger partial charge in [-0.05, 0) is 46.0 Å². The van der Waals surface area contributed by atoms with Crippen LogP contribution in [0.3, 0.4) is 0 Å². The predicted octanol–water partition coefficient (Wildman–Crippen LogP) is 3.28. The van der Waals surface area contributed by atoms with E-state index >= 15 is 0 Å². The summed E-state index contributed by atoms with van der Waals surface area (Å²) in [6.45, 7) is 8.03. The summed E-state index contributed by atoms with van der Waals surface area (Å²) in [4.78, 5) is 11.8. The van der Waals surface area contributed by atoms with Crippen molar-refractivity contribution >= 4 is 5.91 Å². The second kappa shape index (κ2) is 7.78. The lowest BCUT2D eigenvalue weighted by atomic mass is 9.96. The molecule has 18 heavy (non-hydrogen) atoms. The second-order valence-corrected chi connectivity index (χ2v) is 6.11. The van der Waals surface area contributed by atoms with E-state index in [4.69, 9.17) is 4.74 Å². The molecule has 0 aromatic rings. The Hall–Kier alpha value is -0.570. The van der Waals surface area contributed by atoms with Crippen molar-refractivity contribution in [3.63, 3.8) is 0 Å². The number of carbonyl (C=O) groups is 1. The molecule has 3 nitrogen and oxygen atoms in total. The smallest absolute Gasteiger partial charge is 0.222 e. The molecule has 1 unspecified atom stereocenters. The van der Waals surface area contributed by atoms with Crippen LogP contribution in [0.1, 0.15) is 65.7 Å². The largest absolute Gasteiger partial charge is 0.376 e. The van der Waals surface area contributed by atoms with Crippen LogP contribution >= 0.6 is 0 Å². The number of rotatable bonds is 0. The van der Waals surface area contributed by atoms with Gasteiger partial charge in [-0.25, -0.2) is 0 Å². The summed E-state index contributed by atoms with van der Waals surface area (Å²) in [5.41, 5.74) is -0.0414. The molecule has 3 heteroatoms.